The average Bonchev–Trinajstić information content (AvgIpc) is 2.33. The molecule has 2 N–H and O–H groups in total. The number of carboxylic acids is 1. The van der Waals surface area contributed by atoms with Gasteiger partial charge in [0.05, 0.1) is 4.90 Å². The van der Waals surface area contributed by atoms with Crippen molar-refractivity contribution in [3.8, 4) is 0 Å². The van der Waals surface area contributed by atoms with Gasteiger partial charge in [-0.2, -0.15) is 0 Å². The number of hydrogen-bond donors (Lipinski definition) is 2. The molecule has 0 aliphatic carbocycles. The maximum absolute atomic E-state index is 13.0. The van der Waals surface area contributed by atoms with Gasteiger partial charge in [0, 0.05) is 13.0 Å². The molecule has 0 heterocycles. The van der Waals surface area contributed by atoms with Gasteiger partial charge in [0.2, 0.25) is 10.0 Å². The number of halogens is 1. The van der Waals surface area contributed by atoms with Gasteiger partial charge in [-0.3, -0.25) is 4.79 Å². The number of aryl methyl sites for hydroxylation is 1. The van der Waals surface area contributed by atoms with Gasteiger partial charge in [-0.15, -0.1) is 0 Å². The minimum atomic E-state index is -3.71. The molecule has 0 saturated heterocycles. The molecule has 5 nitrogen and oxygen atoms in total. The highest BCUT2D eigenvalue weighted by Gasteiger charge is 2.18. The minimum absolute atomic E-state index is 0.00152. The zero-order chi connectivity index (χ0) is 15.3. The van der Waals surface area contributed by atoms with Crippen molar-refractivity contribution in [3.05, 3.63) is 29.6 Å². The molecule has 0 saturated carbocycles. The van der Waals surface area contributed by atoms with Gasteiger partial charge in [0.25, 0.3) is 0 Å². The van der Waals surface area contributed by atoms with E-state index in [1.807, 2.05) is 0 Å². The van der Waals surface area contributed by atoms with Gasteiger partial charge in [-0.05, 0) is 43.0 Å². The van der Waals surface area contributed by atoms with Crippen LogP contribution in [-0.2, 0) is 14.8 Å². The van der Waals surface area contributed by atoms with Crippen molar-refractivity contribution in [1.82, 2.24) is 4.72 Å². The highest BCUT2D eigenvalue weighted by molar-refractivity contribution is 7.89. The standard InChI is InChI=1S/C13H18FNO4S/c1-9(3-6-13(16)17)8-15-20(18,19)12-5-4-11(14)7-10(12)2/h4-5,7,9,15H,3,6,8H2,1-2H3,(H,16,17). The number of carbonyl (C=O) groups is 1. The summed E-state index contributed by atoms with van der Waals surface area (Å²) in [7, 11) is -3.71. The summed E-state index contributed by atoms with van der Waals surface area (Å²) >= 11 is 0. The summed E-state index contributed by atoms with van der Waals surface area (Å²) < 4.78 is 39.5. The highest BCUT2D eigenvalue weighted by atomic mass is 32.2. The molecular weight excluding hydrogens is 285 g/mol. The van der Waals surface area contributed by atoms with Crippen LogP contribution >= 0.6 is 0 Å². The maximum Gasteiger partial charge on any atom is 0.303 e. The van der Waals surface area contributed by atoms with E-state index in [2.05, 4.69) is 4.72 Å². The van der Waals surface area contributed by atoms with E-state index < -0.39 is 21.8 Å². The molecule has 20 heavy (non-hydrogen) atoms. The molecule has 1 atom stereocenters. The third-order valence-electron chi connectivity index (χ3n) is 2.90. The third kappa shape index (κ3) is 4.90. The number of hydrogen-bond acceptors (Lipinski definition) is 3. The zero-order valence-corrected chi connectivity index (χ0v) is 12.2. The van der Waals surface area contributed by atoms with Gasteiger partial charge in [-0.1, -0.05) is 6.92 Å². The molecule has 0 aliphatic heterocycles. The van der Waals surface area contributed by atoms with Crippen LogP contribution in [0.1, 0.15) is 25.3 Å². The lowest BCUT2D eigenvalue weighted by atomic mass is 10.1. The second kappa shape index (κ2) is 6.81. The van der Waals surface area contributed by atoms with Crippen molar-refractivity contribution in [2.24, 2.45) is 5.92 Å². The molecule has 0 aliphatic rings. The summed E-state index contributed by atoms with van der Waals surface area (Å²) in [6.45, 7) is 3.43. The van der Waals surface area contributed by atoms with Crippen molar-refractivity contribution in [2.75, 3.05) is 6.54 Å². The topological polar surface area (TPSA) is 83.5 Å². The second-order valence-corrected chi connectivity index (χ2v) is 6.53. The Labute approximate surface area is 117 Å². The normalized spacial score (nSPS) is 13.2. The number of nitrogens with one attached hydrogen (secondary N) is 1. The van der Waals surface area contributed by atoms with Gasteiger partial charge < -0.3 is 5.11 Å². The molecule has 0 bridgehead atoms. The second-order valence-electron chi connectivity index (χ2n) is 4.80. The van der Waals surface area contributed by atoms with Crippen molar-refractivity contribution >= 4 is 16.0 Å². The maximum atomic E-state index is 13.0. The first-order chi connectivity index (χ1) is 9.22. The number of sulfonamides is 1. The summed E-state index contributed by atoms with van der Waals surface area (Å²) in [5.74, 6) is -1.49. The smallest absolute Gasteiger partial charge is 0.303 e. The Kier molecular flexibility index (Phi) is 5.64. The van der Waals surface area contributed by atoms with Gasteiger partial charge >= 0.3 is 5.97 Å². The predicted molar refractivity (Wildman–Crippen MR) is 72.4 cm³/mol. The van der Waals surface area contributed by atoms with Crippen LogP contribution in [0.15, 0.2) is 23.1 Å². The first-order valence-electron chi connectivity index (χ1n) is 6.20. The molecule has 112 valence electrons. The van der Waals surface area contributed by atoms with Crippen molar-refractivity contribution in [2.45, 2.75) is 31.6 Å². The Morgan fingerprint density at radius 1 is 1.45 bits per heavy atom. The monoisotopic (exact) mass is 303 g/mol. The molecule has 1 unspecified atom stereocenters. The molecule has 0 fully saturated rings. The number of rotatable bonds is 7. The van der Waals surface area contributed by atoms with Crippen molar-refractivity contribution in [3.63, 3.8) is 0 Å². The van der Waals surface area contributed by atoms with Gasteiger partial charge in [0.1, 0.15) is 5.82 Å². The van der Waals surface area contributed by atoms with E-state index in [-0.39, 0.29) is 23.8 Å². The van der Waals surface area contributed by atoms with E-state index in [1.54, 1.807) is 6.92 Å². The third-order valence-corrected chi connectivity index (χ3v) is 4.48. The van der Waals surface area contributed by atoms with Gasteiger partial charge in [-0.25, -0.2) is 17.5 Å². The minimum Gasteiger partial charge on any atom is -0.481 e. The lowest BCUT2D eigenvalue weighted by Gasteiger charge is -2.13. The molecule has 1 aromatic carbocycles. The van der Waals surface area contributed by atoms with Crippen molar-refractivity contribution in [1.29, 1.82) is 0 Å². The summed E-state index contributed by atoms with van der Waals surface area (Å²) in [5.41, 5.74) is 0.329. The van der Waals surface area contributed by atoms with Crippen LogP contribution in [0.5, 0.6) is 0 Å². The van der Waals surface area contributed by atoms with Crippen LogP contribution in [0.3, 0.4) is 0 Å². The van der Waals surface area contributed by atoms with E-state index in [9.17, 15) is 17.6 Å². The first kappa shape index (κ1) is 16.6. The van der Waals surface area contributed by atoms with Crippen LogP contribution in [0, 0.1) is 18.7 Å². The lowest BCUT2D eigenvalue weighted by Crippen LogP contribution is -2.29. The Hall–Kier alpha value is -1.47. The van der Waals surface area contributed by atoms with Crippen LogP contribution in [0.25, 0.3) is 0 Å². The van der Waals surface area contributed by atoms with E-state index >= 15 is 0 Å². The fraction of sp³-hybridized carbons (Fsp3) is 0.462. The predicted octanol–water partition coefficient (Wildman–Crippen LogP) is 1.91. The summed E-state index contributed by atoms with van der Waals surface area (Å²) in [4.78, 5) is 10.5. The van der Waals surface area contributed by atoms with Crippen LogP contribution < -0.4 is 4.72 Å². The Morgan fingerprint density at radius 3 is 2.65 bits per heavy atom. The van der Waals surface area contributed by atoms with E-state index in [0.29, 0.717) is 12.0 Å². The molecule has 1 rings (SSSR count). The van der Waals surface area contributed by atoms with E-state index in [0.717, 1.165) is 12.1 Å². The molecular formula is C13H18FNO4S. The zero-order valence-electron chi connectivity index (χ0n) is 11.4. The Bertz CT molecular complexity index is 586. The lowest BCUT2D eigenvalue weighted by molar-refractivity contribution is -0.137. The van der Waals surface area contributed by atoms with Crippen LogP contribution in [0.2, 0.25) is 0 Å². The highest BCUT2D eigenvalue weighted by Crippen LogP contribution is 2.16. The number of carboxylic acid groups (broad SMARTS) is 1. The quantitative estimate of drug-likeness (QED) is 0.806. The molecule has 7 heteroatoms. The van der Waals surface area contributed by atoms with Crippen molar-refractivity contribution < 1.29 is 22.7 Å². The SMILES string of the molecule is Cc1cc(F)ccc1S(=O)(=O)NCC(C)CCC(=O)O. The van der Waals surface area contributed by atoms with Crippen LogP contribution in [-0.4, -0.2) is 26.0 Å². The summed E-state index contributed by atoms with van der Waals surface area (Å²) in [6, 6.07) is 3.47. The summed E-state index contributed by atoms with van der Waals surface area (Å²) in [5, 5.41) is 8.56. The average molecular weight is 303 g/mol. The van der Waals surface area contributed by atoms with E-state index in [4.69, 9.17) is 5.11 Å². The Morgan fingerprint density at radius 2 is 2.10 bits per heavy atom. The van der Waals surface area contributed by atoms with Gasteiger partial charge in [0.15, 0.2) is 0 Å². The largest absolute Gasteiger partial charge is 0.481 e. The Balaban J connectivity index is 2.68. The molecule has 0 spiro atoms. The van der Waals surface area contributed by atoms with Crippen LogP contribution in [0.4, 0.5) is 4.39 Å². The fourth-order valence-electron chi connectivity index (χ4n) is 1.72. The number of benzene rings is 1. The van der Waals surface area contributed by atoms with E-state index in [1.165, 1.54) is 13.0 Å². The molecule has 1 aromatic rings. The molecule has 0 aromatic heterocycles. The summed E-state index contributed by atoms with van der Waals surface area (Å²) in [6.07, 6.45) is 0.388. The molecule has 0 radical (unpaired) electrons. The molecule has 0 amide bonds. The number of aliphatic carboxylic acids is 1. The fourth-order valence-corrected chi connectivity index (χ4v) is 3.11. The first-order valence-corrected chi connectivity index (χ1v) is 7.68.